The van der Waals surface area contributed by atoms with E-state index in [1.165, 1.54) is 12.1 Å². The Morgan fingerprint density at radius 3 is 2.63 bits per heavy atom. The van der Waals surface area contributed by atoms with Crippen LogP contribution in [-0.4, -0.2) is 5.11 Å². The van der Waals surface area contributed by atoms with Crippen LogP contribution in [0.4, 0.5) is 0 Å². The van der Waals surface area contributed by atoms with Crippen molar-refractivity contribution in [1.29, 1.82) is 0 Å². The van der Waals surface area contributed by atoms with Crippen molar-refractivity contribution >= 4 is 44.8 Å². The fraction of sp³-hybridized carbons (Fsp3) is 0. The third-order valence-electron chi connectivity index (χ3n) is 2.65. The van der Waals surface area contributed by atoms with E-state index in [9.17, 15) is 9.90 Å². The van der Waals surface area contributed by atoms with E-state index >= 15 is 0 Å². The Bertz CT molecular complexity index is 836. The van der Waals surface area contributed by atoms with Crippen molar-refractivity contribution in [2.45, 2.75) is 0 Å². The van der Waals surface area contributed by atoms with Gasteiger partial charge in [-0.1, -0.05) is 40.6 Å². The first-order valence-corrected chi connectivity index (χ1v) is 6.84. The number of halogens is 2. The predicted octanol–water partition coefficient (Wildman–Crippen LogP) is 4.53. The molecule has 0 atom stereocenters. The second kappa shape index (κ2) is 4.56. The van der Waals surface area contributed by atoms with Crippen molar-refractivity contribution in [3.8, 4) is 16.9 Å². The molecular weight excluding hydrogens is 307 g/mol. The summed E-state index contributed by atoms with van der Waals surface area (Å²) in [6.07, 6.45) is 0. The minimum Gasteiger partial charge on any atom is -0.508 e. The number of phenolic OH excluding ortho intramolecular Hbond substituents is 1. The summed E-state index contributed by atoms with van der Waals surface area (Å²) in [5.41, 5.74) is 1.76. The van der Waals surface area contributed by atoms with Gasteiger partial charge in [0.05, 0.1) is 14.7 Å². The monoisotopic (exact) mass is 312 g/mol. The van der Waals surface area contributed by atoms with Gasteiger partial charge in [-0.05, 0) is 23.8 Å². The SMILES string of the molecule is O=c1oc2c(-c3ccc(Cl)c(Cl)c3)cc(O)cc2s1. The molecule has 1 aromatic heterocycles. The number of aromatic hydroxyl groups is 1. The summed E-state index contributed by atoms with van der Waals surface area (Å²) in [6.45, 7) is 0. The van der Waals surface area contributed by atoms with E-state index in [0.29, 0.717) is 25.9 Å². The van der Waals surface area contributed by atoms with E-state index in [4.69, 9.17) is 27.6 Å². The lowest BCUT2D eigenvalue weighted by molar-refractivity contribution is 0.476. The Morgan fingerprint density at radius 1 is 1.11 bits per heavy atom. The van der Waals surface area contributed by atoms with Gasteiger partial charge in [0.15, 0.2) is 5.58 Å². The fourth-order valence-corrected chi connectivity index (χ4v) is 2.87. The highest BCUT2D eigenvalue weighted by Gasteiger charge is 2.13. The number of benzene rings is 2. The van der Waals surface area contributed by atoms with E-state index in [0.717, 1.165) is 16.9 Å². The summed E-state index contributed by atoms with van der Waals surface area (Å²) in [6, 6.07) is 8.08. The lowest BCUT2D eigenvalue weighted by atomic mass is 10.0. The van der Waals surface area contributed by atoms with Crippen LogP contribution in [-0.2, 0) is 0 Å². The molecule has 0 unspecified atom stereocenters. The minimum atomic E-state index is -0.415. The van der Waals surface area contributed by atoms with Crippen LogP contribution in [0.3, 0.4) is 0 Å². The van der Waals surface area contributed by atoms with Gasteiger partial charge >= 0.3 is 4.94 Å². The first kappa shape index (κ1) is 12.5. The van der Waals surface area contributed by atoms with Gasteiger partial charge in [0.2, 0.25) is 0 Å². The molecule has 0 radical (unpaired) electrons. The minimum absolute atomic E-state index is 0.0608. The fourth-order valence-electron chi connectivity index (χ4n) is 1.84. The molecule has 1 N–H and O–H groups in total. The lowest BCUT2D eigenvalue weighted by Crippen LogP contribution is -1.82. The van der Waals surface area contributed by atoms with Gasteiger partial charge in [0, 0.05) is 11.6 Å². The van der Waals surface area contributed by atoms with E-state index in [2.05, 4.69) is 0 Å². The van der Waals surface area contributed by atoms with Crippen LogP contribution in [0.5, 0.6) is 5.75 Å². The average molecular weight is 313 g/mol. The van der Waals surface area contributed by atoms with Gasteiger partial charge < -0.3 is 9.52 Å². The second-order valence-electron chi connectivity index (χ2n) is 3.90. The van der Waals surface area contributed by atoms with Crippen molar-refractivity contribution < 1.29 is 9.52 Å². The molecule has 1 heterocycles. The Kier molecular flexibility index (Phi) is 3.01. The van der Waals surface area contributed by atoms with Crippen LogP contribution in [0.1, 0.15) is 0 Å². The number of phenols is 1. The summed E-state index contributed by atoms with van der Waals surface area (Å²) >= 11 is 12.8. The van der Waals surface area contributed by atoms with E-state index in [1.807, 2.05) is 0 Å². The molecule has 0 aliphatic rings. The maximum atomic E-state index is 11.3. The molecule has 2 aromatic carbocycles. The van der Waals surface area contributed by atoms with Crippen molar-refractivity contribution in [3.63, 3.8) is 0 Å². The average Bonchev–Trinajstić information content (AvgIpc) is 2.72. The third-order valence-corrected chi connectivity index (χ3v) is 4.16. The quantitative estimate of drug-likeness (QED) is 0.718. The van der Waals surface area contributed by atoms with Crippen molar-refractivity contribution in [2.75, 3.05) is 0 Å². The summed E-state index contributed by atoms with van der Waals surface area (Å²) < 4.78 is 5.74. The van der Waals surface area contributed by atoms with E-state index < -0.39 is 4.94 Å². The van der Waals surface area contributed by atoms with Gasteiger partial charge in [0.25, 0.3) is 0 Å². The zero-order valence-electron chi connectivity index (χ0n) is 9.31. The van der Waals surface area contributed by atoms with Gasteiger partial charge in [-0.25, -0.2) is 4.79 Å². The molecule has 0 amide bonds. The molecule has 0 spiro atoms. The van der Waals surface area contributed by atoms with Gasteiger partial charge in [0.1, 0.15) is 5.75 Å². The van der Waals surface area contributed by atoms with Crippen LogP contribution < -0.4 is 4.94 Å². The molecule has 19 heavy (non-hydrogen) atoms. The summed E-state index contributed by atoms with van der Waals surface area (Å²) in [7, 11) is 0. The molecule has 96 valence electrons. The van der Waals surface area contributed by atoms with Crippen LogP contribution in [0.25, 0.3) is 21.4 Å². The molecular formula is C13H6Cl2O3S. The topological polar surface area (TPSA) is 50.4 Å². The molecule has 3 nitrogen and oxygen atoms in total. The highest BCUT2D eigenvalue weighted by molar-refractivity contribution is 7.16. The molecule has 0 bridgehead atoms. The molecule has 6 heteroatoms. The Hall–Kier alpha value is -1.49. The maximum Gasteiger partial charge on any atom is 0.396 e. The van der Waals surface area contributed by atoms with E-state index in [1.54, 1.807) is 18.2 Å². The first-order chi connectivity index (χ1) is 9.04. The van der Waals surface area contributed by atoms with Gasteiger partial charge in [-0.2, -0.15) is 0 Å². The molecule has 3 aromatic rings. The Morgan fingerprint density at radius 2 is 1.89 bits per heavy atom. The standard InChI is InChI=1S/C13H6Cl2O3S/c14-9-2-1-6(3-10(9)15)8-4-7(16)5-11-12(8)18-13(17)19-11/h1-5,16H. The van der Waals surface area contributed by atoms with Crippen LogP contribution >= 0.6 is 34.5 Å². The normalized spacial score (nSPS) is 11.1. The van der Waals surface area contributed by atoms with Crippen molar-refractivity contribution in [3.05, 3.63) is 50.1 Å². The number of fused-ring (bicyclic) bond motifs is 1. The van der Waals surface area contributed by atoms with Crippen molar-refractivity contribution in [2.24, 2.45) is 0 Å². The summed E-state index contributed by atoms with van der Waals surface area (Å²) in [4.78, 5) is 10.9. The largest absolute Gasteiger partial charge is 0.508 e. The molecule has 0 saturated heterocycles. The number of rotatable bonds is 1. The molecule has 0 saturated carbocycles. The summed E-state index contributed by atoms with van der Waals surface area (Å²) in [5.74, 6) is 0.0608. The molecule has 0 aliphatic carbocycles. The zero-order chi connectivity index (χ0) is 13.6. The second-order valence-corrected chi connectivity index (χ2v) is 5.70. The van der Waals surface area contributed by atoms with E-state index in [-0.39, 0.29) is 5.75 Å². The number of hydrogen-bond donors (Lipinski definition) is 1. The maximum absolute atomic E-state index is 11.3. The molecule has 3 rings (SSSR count). The van der Waals surface area contributed by atoms with Gasteiger partial charge in [-0.15, -0.1) is 0 Å². The van der Waals surface area contributed by atoms with Crippen LogP contribution in [0, 0.1) is 0 Å². The zero-order valence-corrected chi connectivity index (χ0v) is 11.6. The number of hydrogen-bond acceptors (Lipinski definition) is 4. The molecule has 0 aliphatic heterocycles. The summed E-state index contributed by atoms with van der Waals surface area (Å²) in [5, 5.41) is 10.5. The smallest absolute Gasteiger partial charge is 0.396 e. The third kappa shape index (κ3) is 2.23. The Labute approximate surface area is 121 Å². The van der Waals surface area contributed by atoms with Gasteiger partial charge in [-0.3, -0.25) is 0 Å². The highest BCUT2D eigenvalue weighted by atomic mass is 35.5. The lowest BCUT2D eigenvalue weighted by Gasteiger charge is -2.05. The first-order valence-electron chi connectivity index (χ1n) is 5.26. The predicted molar refractivity (Wildman–Crippen MR) is 77.5 cm³/mol. The Balaban J connectivity index is 2.34. The van der Waals surface area contributed by atoms with Crippen LogP contribution in [0.15, 0.2) is 39.5 Å². The van der Waals surface area contributed by atoms with Crippen molar-refractivity contribution in [1.82, 2.24) is 0 Å². The highest BCUT2D eigenvalue weighted by Crippen LogP contribution is 2.36. The van der Waals surface area contributed by atoms with Crippen LogP contribution in [0.2, 0.25) is 10.0 Å². The molecule has 0 fully saturated rings.